The summed E-state index contributed by atoms with van der Waals surface area (Å²) in [6.45, 7) is 2.75. The minimum atomic E-state index is -4.71. The molecule has 16 heteroatoms. The van der Waals surface area contributed by atoms with Gasteiger partial charge in [0.2, 0.25) is 0 Å². The van der Waals surface area contributed by atoms with Crippen LogP contribution in [0.2, 0.25) is 0 Å². The van der Waals surface area contributed by atoms with Crippen molar-refractivity contribution in [2.75, 3.05) is 24.5 Å². The molecule has 4 aromatic heterocycles. The molecule has 6 aromatic rings. The Balaban J connectivity index is 1.24. The Bertz CT molecular complexity index is 2300. The van der Waals surface area contributed by atoms with Crippen LogP contribution in [0.4, 0.5) is 18.9 Å². The van der Waals surface area contributed by atoms with Crippen molar-refractivity contribution in [2.24, 2.45) is 7.05 Å². The summed E-state index contributed by atoms with van der Waals surface area (Å²) in [4.78, 5) is 54.4. The number of aromatic nitrogens is 6. The largest absolute Gasteiger partial charge is 0.435 e. The van der Waals surface area contributed by atoms with Crippen LogP contribution in [-0.4, -0.2) is 66.7 Å². The van der Waals surface area contributed by atoms with Gasteiger partial charge >= 0.3 is 6.18 Å². The number of alkyl halides is 3. The summed E-state index contributed by atoms with van der Waals surface area (Å²) in [5, 5.41) is 11.5. The molecule has 7 rings (SSSR count). The first-order chi connectivity index (χ1) is 25.0. The fourth-order valence-corrected chi connectivity index (χ4v) is 7.02. The van der Waals surface area contributed by atoms with Crippen molar-refractivity contribution >= 4 is 45.6 Å². The molecule has 0 spiro atoms. The fraction of sp³-hybridized carbons (Fsp3) is 0.250. The van der Waals surface area contributed by atoms with E-state index >= 15 is 0 Å². The number of imidazole rings is 1. The van der Waals surface area contributed by atoms with Gasteiger partial charge in [0.1, 0.15) is 5.69 Å². The molecule has 0 aliphatic carbocycles. The molecule has 3 amide bonds. The summed E-state index contributed by atoms with van der Waals surface area (Å²) < 4.78 is 45.5. The average molecular weight is 728 g/mol. The predicted molar refractivity (Wildman–Crippen MR) is 188 cm³/mol. The number of nitrogens with zero attached hydrogens (tertiary/aromatic N) is 7. The van der Waals surface area contributed by atoms with Gasteiger partial charge in [-0.15, -0.1) is 11.3 Å². The molecule has 0 saturated carbocycles. The first-order valence-corrected chi connectivity index (χ1v) is 17.4. The van der Waals surface area contributed by atoms with Gasteiger partial charge < -0.3 is 20.1 Å². The number of carbonyl (C=O) groups is 3. The number of hydrogen-bond donors (Lipinski definition) is 2. The lowest BCUT2D eigenvalue weighted by Gasteiger charge is -2.31. The average Bonchev–Trinajstić information content (AvgIpc) is 3.93. The highest BCUT2D eigenvalue weighted by Gasteiger charge is 2.39. The molecule has 0 saturated heterocycles. The van der Waals surface area contributed by atoms with Crippen LogP contribution in [-0.2, 0) is 32.6 Å². The second-order valence-corrected chi connectivity index (χ2v) is 13.0. The van der Waals surface area contributed by atoms with Crippen molar-refractivity contribution in [3.63, 3.8) is 0 Å². The molecule has 0 bridgehead atoms. The standard InChI is InChI=1S/C36H32F3N9O3S/c1-3-21-12-26-30(4-6-41-31(26)27(13-21)33(49)42-7-8-43-34(50)29-18-52-20-44-29)48-10-5-23-24(28-17-46(2)45-32(28)36(37,38)39)14-22(15-25(23)35(48)51)16-47-11-9-40-19-47/h4,6,9,11-15,17-20H,3,5,7-8,10,16H2,1-2H3,(H,42,49)(H,43,50). The summed E-state index contributed by atoms with van der Waals surface area (Å²) >= 11 is 1.31. The third kappa shape index (κ3) is 6.76. The first kappa shape index (κ1) is 34.5. The van der Waals surface area contributed by atoms with E-state index in [1.165, 1.54) is 30.8 Å². The maximum atomic E-state index is 14.5. The van der Waals surface area contributed by atoms with Crippen molar-refractivity contribution in [3.8, 4) is 11.1 Å². The second-order valence-electron chi connectivity index (χ2n) is 12.3. The van der Waals surface area contributed by atoms with Crippen molar-refractivity contribution in [3.05, 3.63) is 112 Å². The second kappa shape index (κ2) is 14.0. The van der Waals surface area contributed by atoms with E-state index < -0.39 is 17.8 Å². The van der Waals surface area contributed by atoms with E-state index in [9.17, 15) is 27.6 Å². The number of fused-ring (bicyclic) bond motifs is 2. The van der Waals surface area contributed by atoms with Gasteiger partial charge in [0, 0.05) is 79.9 Å². The molecule has 1 aliphatic heterocycles. The van der Waals surface area contributed by atoms with Gasteiger partial charge in [0.05, 0.1) is 28.6 Å². The molecule has 2 aromatic carbocycles. The van der Waals surface area contributed by atoms with Gasteiger partial charge in [-0.1, -0.05) is 6.92 Å². The van der Waals surface area contributed by atoms with Crippen LogP contribution in [0.3, 0.4) is 0 Å². The SMILES string of the molecule is CCc1cc(C(=O)NCCNC(=O)c2cscn2)c2nccc(N3CCc4c(cc(Cn5ccnc5)cc4-c4cn(C)nc4C(F)(F)F)C3=O)c2c1. The number of rotatable bonds is 10. The van der Waals surface area contributed by atoms with Gasteiger partial charge in [-0.25, -0.2) is 9.97 Å². The quantitative estimate of drug-likeness (QED) is 0.183. The summed E-state index contributed by atoms with van der Waals surface area (Å²) in [6.07, 6.45) is 3.96. The molecule has 0 radical (unpaired) electrons. The summed E-state index contributed by atoms with van der Waals surface area (Å²) in [7, 11) is 1.43. The third-order valence-corrected chi connectivity index (χ3v) is 9.46. The van der Waals surface area contributed by atoms with E-state index in [-0.39, 0.29) is 55.5 Å². The smallest absolute Gasteiger partial charge is 0.350 e. The highest BCUT2D eigenvalue weighted by Crippen LogP contribution is 2.41. The number of aryl methyl sites for hydroxylation is 2. The highest BCUT2D eigenvalue weighted by molar-refractivity contribution is 7.07. The monoisotopic (exact) mass is 727 g/mol. The van der Waals surface area contributed by atoms with E-state index in [1.807, 2.05) is 13.0 Å². The topological polar surface area (TPSA) is 140 Å². The van der Waals surface area contributed by atoms with E-state index in [4.69, 9.17) is 0 Å². The number of amides is 3. The molecule has 2 N–H and O–H groups in total. The Morgan fingerprint density at radius 2 is 1.77 bits per heavy atom. The number of nitrogens with one attached hydrogen (secondary N) is 2. The molecule has 1 aliphatic rings. The van der Waals surface area contributed by atoms with E-state index in [0.717, 1.165) is 10.2 Å². The van der Waals surface area contributed by atoms with Crippen LogP contribution in [0.1, 0.15) is 60.5 Å². The zero-order valence-corrected chi connectivity index (χ0v) is 28.9. The number of halogens is 3. The van der Waals surface area contributed by atoms with Gasteiger partial charge in [-0.05, 0) is 65.4 Å². The first-order valence-electron chi connectivity index (χ1n) is 16.4. The fourth-order valence-electron chi connectivity index (χ4n) is 6.49. The summed E-state index contributed by atoms with van der Waals surface area (Å²) in [5.41, 5.74) is 4.52. The zero-order valence-electron chi connectivity index (χ0n) is 28.1. The molecule has 52 heavy (non-hydrogen) atoms. The Labute approximate surface area is 299 Å². The molecule has 12 nitrogen and oxygen atoms in total. The van der Waals surface area contributed by atoms with Crippen LogP contribution in [0.5, 0.6) is 0 Å². The molecular weight excluding hydrogens is 696 g/mol. The zero-order chi connectivity index (χ0) is 36.6. The van der Waals surface area contributed by atoms with Gasteiger partial charge in [0.15, 0.2) is 5.69 Å². The lowest BCUT2D eigenvalue weighted by atomic mass is 9.87. The van der Waals surface area contributed by atoms with Crippen LogP contribution in [0, 0.1) is 0 Å². The normalized spacial score (nSPS) is 13.0. The van der Waals surface area contributed by atoms with Crippen LogP contribution >= 0.6 is 11.3 Å². The Kier molecular flexibility index (Phi) is 9.31. The molecule has 266 valence electrons. The van der Waals surface area contributed by atoms with Crippen LogP contribution in [0.25, 0.3) is 22.0 Å². The molecule has 0 fully saturated rings. The minimum absolute atomic E-state index is 0.0970. The van der Waals surface area contributed by atoms with E-state index in [1.54, 1.807) is 63.3 Å². The number of carbonyl (C=O) groups excluding carboxylic acids is 3. The van der Waals surface area contributed by atoms with Crippen molar-refractivity contribution in [1.29, 1.82) is 0 Å². The number of pyridine rings is 1. The van der Waals surface area contributed by atoms with Gasteiger partial charge in [-0.2, -0.15) is 18.3 Å². The highest BCUT2D eigenvalue weighted by atomic mass is 32.1. The van der Waals surface area contributed by atoms with E-state index in [2.05, 4.69) is 30.7 Å². The minimum Gasteiger partial charge on any atom is -0.350 e. The number of thiazole rings is 1. The summed E-state index contributed by atoms with van der Waals surface area (Å²) in [6, 6.07) is 8.79. The lowest BCUT2D eigenvalue weighted by Crippen LogP contribution is -2.38. The Morgan fingerprint density at radius 3 is 2.48 bits per heavy atom. The van der Waals surface area contributed by atoms with E-state index in [0.29, 0.717) is 51.0 Å². The predicted octanol–water partition coefficient (Wildman–Crippen LogP) is 5.28. The van der Waals surface area contributed by atoms with Crippen molar-refractivity contribution in [2.45, 2.75) is 32.5 Å². The Morgan fingerprint density at radius 1 is 0.981 bits per heavy atom. The van der Waals surface area contributed by atoms with Crippen molar-refractivity contribution < 1.29 is 27.6 Å². The third-order valence-electron chi connectivity index (χ3n) is 8.87. The molecule has 5 heterocycles. The summed E-state index contributed by atoms with van der Waals surface area (Å²) in [5.74, 6) is -1.12. The maximum absolute atomic E-state index is 14.5. The number of hydrogen-bond acceptors (Lipinski definition) is 8. The van der Waals surface area contributed by atoms with Gasteiger partial charge in [0.25, 0.3) is 17.7 Å². The molecule has 0 atom stereocenters. The number of anilines is 1. The maximum Gasteiger partial charge on any atom is 0.435 e. The lowest BCUT2D eigenvalue weighted by molar-refractivity contribution is -0.141. The van der Waals surface area contributed by atoms with Crippen molar-refractivity contribution in [1.82, 2.24) is 39.9 Å². The molecule has 0 unspecified atom stereocenters. The Hall–Kier alpha value is -5.90. The van der Waals surface area contributed by atoms with Crippen LogP contribution in [0.15, 0.2) is 72.3 Å². The number of benzene rings is 2. The van der Waals surface area contributed by atoms with Gasteiger partial charge in [-0.3, -0.25) is 24.0 Å². The molecular formula is C36H32F3N9O3S. The van der Waals surface area contributed by atoms with Crippen LogP contribution < -0.4 is 15.5 Å².